The van der Waals surface area contributed by atoms with E-state index in [0.29, 0.717) is 0 Å². The molecule has 100 valence electrons. The number of hydrogen-bond donors (Lipinski definition) is 1. The van der Waals surface area contributed by atoms with Gasteiger partial charge < -0.3 is 10.6 Å². The Balaban J connectivity index is 2.24. The monoisotopic (exact) mass is 258 g/mol. The van der Waals surface area contributed by atoms with Crippen molar-refractivity contribution in [2.45, 2.75) is 24.9 Å². The van der Waals surface area contributed by atoms with Crippen molar-refractivity contribution in [3.05, 3.63) is 29.3 Å². The highest BCUT2D eigenvalue weighted by Crippen LogP contribution is 2.35. The fourth-order valence-electron chi connectivity index (χ4n) is 2.54. The Kier molecular flexibility index (Phi) is 3.52. The molecular weight excluding hydrogens is 241 g/mol. The van der Waals surface area contributed by atoms with Gasteiger partial charge in [0.05, 0.1) is 5.56 Å². The Labute approximate surface area is 105 Å². The molecule has 0 aliphatic carbocycles. The van der Waals surface area contributed by atoms with Crippen LogP contribution in [0.3, 0.4) is 0 Å². The Morgan fingerprint density at radius 1 is 1.33 bits per heavy atom. The predicted molar refractivity (Wildman–Crippen MR) is 65.3 cm³/mol. The van der Waals surface area contributed by atoms with E-state index in [9.17, 15) is 13.2 Å². The summed E-state index contributed by atoms with van der Waals surface area (Å²) in [5.41, 5.74) is 6.20. The van der Waals surface area contributed by atoms with Gasteiger partial charge in [-0.3, -0.25) is 0 Å². The minimum absolute atomic E-state index is 0.242. The molecule has 1 aromatic rings. The lowest BCUT2D eigenvalue weighted by Crippen LogP contribution is -2.31. The topological polar surface area (TPSA) is 29.3 Å². The van der Waals surface area contributed by atoms with E-state index in [4.69, 9.17) is 5.73 Å². The predicted octanol–water partition coefficient (Wildman–Crippen LogP) is 3.10. The first kappa shape index (κ1) is 13.2. The van der Waals surface area contributed by atoms with Crippen molar-refractivity contribution >= 4 is 5.69 Å². The van der Waals surface area contributed by atoms with Gasteiger partial charge in [-0.25, -0.2) is 0 Å². The van der Waals surface area contributed by atoms with E-state index in [-0.39, 0.29) is 11.6 Å². The van der Waals surface area contributed by atoms with Gasteiger partial charge in [-0.2, -0.15) is 13.2 Å². The van der Waals surface area contributed by atoms with Gasteiger partial charge in [0, 0.05) is 12.2 Å². The van der Waals surface area contributed by atoms with Gasteiger partial charge in [-0.1, -0.05) is 6.07 Å². The van der Waals surface area contributed by atoms with Crippen molar-refractivity contribution < 1.29 is 13.2 Å². The van der Waals surface area contributed by atoms with Crippen LogP contribution < -0.4 is 5.73 Å². The molecule has 18 heavy (non-hydrogen) atoms. The number of nitrogens with two attached hydrogens (primary N) is 1. The van der Waals surface area contributed by atoms with Crippen LogP contribution in [-0.4, -0.2) is 25.0 Å². The lowest BCUT2D eigenvalue weighted by atomic mass is 9.89. The van der Waals surface area contributed by atoms with Gasteiger partial charge in [0.2, 0.25) is 0 Å². The maximum Gasteiger partial charge on any atom is 0.416 e. The molecule has 1 fully saturated rings. The number of likely N-dealkylation sites (tertiary alicyclic amines) is 1. The van der Waals surface area contributed by atoms with E-state index in [1.54, 1.807) is 0 Å². The Morgan fingerprint density at radius 3 is 2.61 bits per heavy atom. The molecule has 1 aromatic carbocycles. The molecular formula is C13H17F3N2. The summed E-state index contributed by atoms with van der Waals surface area (Å²) in [6.07, 6.45) is -2.28. The molecule has 0 radical (unpaired) electrons. The standard InChI is InChI=1S/C13H17F3N2/c1-18-6-2-3-9(8-18)11-5-4-10(7-12(11)17)13(14,15)16/h4-5,7,9H,2-3,6,8,17H2,1H3/t9-/m1/s1. The molecule has 0 bridgehead atoms. The summed E-state index contributed by atoms with van der Waals surface area (Å²) in [5.74, 6) is 0.242. The van der Waals surface area contributed by atoms with Gasteiger partial charge in [0.25, 0.3) is 0 Å². The average Bonchev–Trinajstić information content (AvgIpc) is 2.27. The summed E-state index contributed by atoms with van der Waals surface area (Å²) < 4.78 is 37.6. The maximum atomic E-state index is 12.5. The second kappa shape index (κ2) is 4.80. The third-order valence-corrected chi connectivity index (χ3v) is 3.48. The molecule has 0 spiro atoms. The summed E-state index contributed by atoms with van der Waals surface area (Å²) in [5, 5.41) is 0. The first-order chi connectivity index (χ1) is 8.38. The molecule has 2 rings (SSSR count). The normalized spacial score (nSPS) is 22.1. The molecule has 0 saturated carbocycles. The number of alkyl halides is 3. The first-order valence-electron chi connectivity index (χ1n) is 6.03. The smallest absolute Gasteiger partial charge is 0.398 e. The van der Waals surface area contributed by atoms with Crippen LogP contribution >= 0.6 is 0 Å². The maximum absolute atomic E-state index is 12.5. The van der Waals surface area contributed by atoms with E-state index in [0.717, 1.165) is 43.6 Å². The fraction of sp³-hybridized carbons (Fsp3) is 0.538. The average molecular weight is 258 g/mol. The Morgan fingerprint density at radius 2 is 2.06 bits per heavy atom. The second-order valence-corrected chi connectivity index (χ2v) is 4.94. The van der Waals surface area contributed by atoms with Crippen molar-refractivity contribution in [1.29, 1.82) is 0 Å². The van der Waals surface area contributed by atoms with Crippen LogP contribution in [0.4, 0.5) is 18.9 Å². The summed E-state index contributed by atoms with van der Waals surface area (Å²) in [6.45, 7) is 1.90. The number of nitrogen functional groups attached to an aromatic ring is 1. The number of likely N-dealkylation sites (N-methyl/N-ethyl adjacent to an activating group) is 1. The van der Waals surface area contributed by atoms with Gasteiger partial charge in [-0.05, 0) is 50.0 Å². The van der Waals surface area contributed by atoms with Crippen molar-refractivity contribution in [3.8, 4) is 0 Å². The van der Waals surface area contributed by atoms with Gasteiger partial charge >= 0.3 is 6.18 Å². The summed E-state index contributed by atoms with van der Waals surface area (Å²) >= 11 is 0. The quantitative estimate of drug-likeness (QED) is 0.784. The van der Waals surface area contributed by atoms with Crippen LogP contribution in [0.1, 0.15) is 29.9 Å². The third-order valence-electron chi connectivity index (χ3n) is 3.48. The highest BCUT2D eigenvalue weighted by Gasteiger charge is 2.31. The van der Waals surface area contributed by atoms with Crippen molar-refractivity contribution in [2.24, 2.45) is 0 Å². The van der Waals surface area contributed by atoms with E-state index >= 15 is 0 Å². The zero-order valence-electron chi connectivity index (χ0n) is 10.3. The molecule has 2 nitrogen and oxygen atoms in total. The molecule has 0 unspecified atom stereocenters. The molecule has 1 aliphatic heterocycles. The zero-order valence-corrected chi connectivity index (χ0v) is 10.3. The van der Waals surface area contributed by atoms with Gasteiger partial charge in [-0.15, -0.1) is 0 Å². The zero-order chi connectivity index (χ0) is 13.3. The molecule has 0 amide bonds. The van der Waals surface area contributed by atoms with E-state index < -0.39 is 11.7 Å². The third kappa shape index (κ3) is 2.77. The lowest BCUT2D eigenvalue weighted by Gasteiger charge is -2.30. The molecule has 5 heteroatoms. The van der Waals surface area contributed by atoms with Crippen LogP contribution in [0.5, 0.6) is 0 Å². The van der Waals surface area contributed by atoms with Crippen LogP contribution in [0.15, 0.2) is 18.2 Å². The number of halogens is 3. The number of nitrogens with zero attached hydrogens (tertiary/aromatic N) is 1. The fourth-order valence-corrected chi connectivity index (χ4v) is 2.54. The molecule has 1 aliphatic rings. The van der Waals surface area contributed by atoms with E-state index in [2.05, 4.69) is 4.90 Å². The highest BCUT2D eigenvalue weighted by molar-refractivity contribution is 5.51. The summed E-state index contributed by atoms with van der Waals surface area (Å²) in [4.78, 5) is 2.19. The number of hydrogen-bond acceptors (Lipinski definition) is 2. The minimum Gasteiger partial charge on any atom is -0.398 e. The molecule has 1 heterocycles. The SMILES string of the molecule is CN1CCC[C@@H](c2ccc(C(F)(F)F)cc2N)C1. The minimum atomic E-state index is -4.32. The number of anilines is 1. The summed E-state index contributed by atoms with van der Waals surface area (Å²) in [7, 11) is 2.02. The number of rotatable bonds is 1. The molecule has 1 atom stereocenters. The number of piperidine rings is 1. The molecule has 0 aromatic heterocycles. The second-order valence-electron chi connectivity index (χ2n) is 4.94. The van der Waals surface area contributed by atoms with Crippen molar-refractivity contribution in [2.75, 3.05) is 25.9 Å². The molecule has 1 saturated heterocycles. The Hall–Kier alpha value is -1.23. The van der Waals surface area contributed by atoms with Gasteiger partial charge in [0.1, 0.15) is 0 Å². The van der Waals surface area contributed by atoms with Crippen LogP contribution in [0, 0.1) is 0 Å². The van der Waals surface area contributed by atoms with Crippen molar-refractivity contribution in [3.63, 3.8) is 0 Å². The molecule has 2 N–H and O–H groups in total. The van der Waals surface area contributed by atoms with Crippen molar-refractivity contribution in [1.82, 2.24) is 4.90 Å². The van der Waals surface area contributed by atoms with Crippen LogP contribution in [-0.2, 0) is 6.18 Å². The van der Waals surface area contributed by atoms with Crippen LogP contribution in [0.25, 0.3) is 0 Å². The first-order valence-corrected chi connectivity index (χ1v) is 6.03. The van der Waals surface area contributed by atoms with E-state index in [1.165, 1.54) is 6.07 Å². The highest BCUT2D eigenvalue weighted by atomic mass is 19.4. The van der Waals surface area contributed by atoms with Crippen LogP contribution in [0.2, 0.25) is 0 Å². The van der Waals surface area contributed by atoms with E-state index in [1.807, 2.05) is 7.05 Å². The van der Waals surface area contributed by atoms with Gasteiger partial charge in [0.15, 0.2) is 0 Å². The summed E-state index contributed by atoms with van der Waals surface area (Å²) in [6, 6.07) is 3.70. The lowest BCUT2D eigenvalue weighted by molar-refractivity contribution is -0.137. The largest absolute Gasteiger partial charge is 0.416 e. The number of benzene rings is 1. The Bertz CT molecular complexity index is 429.